The SMILES string of the molecule is CC[C@@H]1CN[N+](O)(O)c2ccc(Cl)nc2O1. The molecule has 2 rings (SSSR count). The fraction of sp³-hybridized carbons (Fsp3) is 0.444. The molecule has 0 unspecified atom stereocenters. The lowest BCUT2D eigenvalue weighted by Crippen LogP contribution is -2.55. The number of hydrogen-bond acceptors (Lipinski definition) is 5. The second-order valence-electron chi connectivity index (χ2n) is 3.57. The molecule has 0 saturated carbocycles. The van der Waals surface area contributed by atoms with Crippen molar-refractivity contribution in [3.63, 3.8) is 0 Å². The molecule has 7 heteroatoms. The van der Waals surface area contributed by atoms with E-state index < -0.39 is 4.92 Å². The molecule has 0 saturated heterocycles. The number of aromatic nitrogens is 1. The van der Waals surface area contributed by atoms with E-state index in [2.05, 4.69) is 10.4 Å². The number of hydrogen-bond donors (Lipinski definition) is 3. The summed E-state index contributed by atoms with van der Waals surface area (Å²) in [7, 11) is 0. The van der Waals surface area contributed by atoms with Gasteiger partial charge in [0.2, 0.25) is 0 Å². The largest absolute Gasteiger partial charge is 0.468 e. The Hall–Kier alpha value is -0.920. The van der Waals surface area contributed by atoms with Gasteiger partial charge in [0.1, 0.15) is 11.3 Å². The summed E-state index contributed by atoms with van der Waals surface area (Å²) in [5, 5.41) is 19.7. The van der Waals surface area contributed by atoms with E-state index in [1.807, 2.05) is 6.92 Å². The van der Waals surface area contributed by atoms with Gasteiger partial charge in [-0.3, -0.25) is 0 Å². The van der Waals surface area contributed by atoms with Crippen LogP contribution in [-0.4, -0.2) is 28.0 Å². The fourth-order valence-corrected chi connectivity index (χ4v) is 1.62. The van der Waals surface area contributed by atoms with Crippen LogP contribution in [0.3, 0.4) is 0 Å². The van der Waals surface area contributed by atoms with Crippen LogP contribution in [0.5, 0.6) is 5.88 Å². The van der Waals surface area contributed by atoms with Crippen LogP contribution in [0.2, 0.25) is 5.15 Å². The van der Waals surface area contributed by atoms with Crippen molar-refractivity contribution in [2.45, 2.75) is 19.4 Å². The minimum absolute atomic E-state index is 0.111. The second-order valence-corrected chi connectivity index (χ2v) is 3.96. The smallest absolute Gasteiger partial charge is 0.287 e. The second kappa shape index (κ2) is 4.15. The van der Waals surface area contributed by atoms with Gasteiger partial charge in [0, 0.05) is 6.07 Å². The predicted molar refractivity (Wildman–Crippen MR) is 57.3 cm³/mol. The van der Waals surface area contributed by atoms with Gasteiger partial charge in [-0.15, -0.1) is 0 Å². The predicted octanol–water partition coefficient (Wildman–Crippen LogP) is 1.50. The van der Waals surface area contributed by atoms with Crippen molar-refractivity contribution >= 4 is 17.3 Å². The lowest BCUT2D eigenvalue weighted by Gasteiger charge is -2.17. The lowest BCUT2D eigenvalue weighted by atomic mass is 10.3. The molecule has 16 heavy (non-hydrogen) atoms. The van der Waals surface area contributed by atoms with Crippen molar-refractivity contribution in [1.82, 2.24) is 15.3 Å². The van der Waals surface area contributed by atoms with Gasteiger partial charge in [-0.05, 0) is 12.5 Å². The Morgan fingerprint density at radius 1 is 1.62 bits per heavy atom. The first kappa shape index (κ1) is 11.6. The van der Waals surface area contributed by atoms with Gasteiger partial charge in [0.15, 0.2) is 0 Å². The minimum atomic E-state index is -1.45. The molecule has 1 aromatic heterocycles. The van der Waals surface area contributed by atoms with Crippen LogP contribution in [-0.2, 0) is 0 Å². The molecule has 3 N–H and O–H groups in total. The molecule has 6 nitrogen and oxygen atoms in total. The number of fused-ring (bicyclic) bond motifs is 1. The molecule has 0 fully saturated rings. The third-order valence-electron chi connectivity index (χ3n) is 2.42. The number of rotatable bonds is 1. The number of halogens is 1. The number of nitrogens with zero attached hydrogens (tertiary/aromatic N) is 2. The van der Waals surface area contributed by atoms with Gasteiger partial charge in [-0.25, -0.2) is 0 Å². The summed E-state index contributed by atoms with van der Waals surface area (Å²) >= 11 is 5.73. The first-order valence-electron chi connectivity index (χ1n) is 4.96. The summed E-state index contributed by atoms with van der Waals surface area (Å²) in [6.45, 7) is 2.24. The zero-order chi connectivity index (χ0) is 11.8. The number of pyridine rings is 1. The number of quaternary nitrogens is 1. The third kappa shape index (κ3) is 2.11. The van der Waals surface area contributed by atoms with Crippen molar-refractivity contribution in [2.75, 3.05) is 6.54 Å². The zero-order valence-electron chi connectivity index (χ0n) is 8.72. The van der Waals surface area contributed by atoms with E-state index in [0.717, 1.165) is 6.42 Å². The summed E-state index contributed by atoms with van der Waals surface area (Å²) in [5.74, 6) is 0.134. The van der Waals surface area contributed by atoms with Gasteiger partial charge in [0.05, 0.1) is 11.5 Å². The van der Waals surface area contributed by atoms with Gasteiger partial charge in [-0.2, -0.15) is 15.4 Å². The van der Waals surface area contributed by atoms with Gasteiger partial charge < -0.3 is 4.74 Å². The summed E-state index contributed by atoms with van der Waals surface area (Å²) in [5.41, 5.74) is 2.65. The van der Waals surface area contributed by atoms with E-state index in [9.17, 15) is 10.4 Å². The minimum Gasteiger partial charge on any atom is -0.468 e. The van der Waals surface area contributed by atoms with Gasteiger partial charge in [0.25, 0.3) is 11.6 Å². The van der Waals surface area contributed by atoms with Crippen molar-refractivity contribution in [2.24, 2.45) is 0 Å². The Labute approximate surface area is 97.5 Å². The first-order valence-corrected chi connectivity index (χ1v) is 5.34. The fourth-order valence-electron chi connectivity index (χ4n) is 1.48. The van der Waals surface area contributed by atoms with Crippen molar-refractivity contribution in [3.05, 3.63) is 17.3 Å². The summed E-state index contributed by atoms with van der Waals surface area (Å²) in [6, 6.07) is 2.92. The average molecular weight is 247 g/mol. The Balaban J connectivity index is 2.45. The van der Waals surface area contributed by atoms with E-state index in [1.54, 1.807) is 0 Å². The van der Waals surface area contributed by atoms with Crippen LogP contribution in [0.25, 0.3) is 0 Å². The van der Waals surface area contributed by atoms with Crippen LogP contribution in [0, 0.1) is 0 Å². The Morgan fingerprint density at radius 3 is 3.06 bits per heavy atom. The van der Waals surface area contributed by atoms with E-state index >= 15 is 0 Å². The van der Waals surface area contributed by atoms with Crippen molar-refractivity contribution < 1.29 is 15.2 Å². The van der Waals surface area contributed by atoms with Gasteiger partial charge in [-0.1, -0.05) is 24.0 Å². The molecule has 0 radical (unpaired) electrons. The summed E-state index contributed by atoms with van der Waals surface area (Å²) < 4.78 is 5.53. The molecule has 0 bridgehead atoms. The Kier molecular flexibility index (Phi) is 3.00. The quantitative estimate of drug-likeness (QED) is 0.517. The molecule has 1 atom stereocenters. The van der Waals surface area contributed by atoms with Crippen LogP contribution in [0.4, 0.5) is 5.69 Å². The molecule has 1 aliphatic heterocycles. The summed E-state index contributed by atoms with van der Waals surface area (Å²) in [6.07, 6.45) is 0.546. The van der Waals surface area contributed by atoms with Gasteiger partial charge >= 0.3 is 0 Å². The molecule has 1 aromatic rings. The lowest BCUT2D eigenvalue weighted by molar-refractivity contribution is -0.324. The number of ether oxygens (including phenoxy) is 1. The molecular weight excluding hydrogens is 234 g/mol. The molecule has 0 aromatic carbocycles. The molecule has 0 spiro atoms. The maximum absolute atomic E-state index is 9.73. The molecule has 0 amide bonds. The van der Waals surface area contributed by atoms with E-state index in [4.69, 9.17) is 16.3 Å². The zero-order valence-corrected chi connectivity index (χ0v) is 9.48. The molecule has 1 aliphatic rings. The topological polar surface area (TPSA) is 74.6 Å². The highest BCUT2D eigenvalue weighted by Gasteiger charge is 2.37. The maximum atomic E-state index is 9.73. The van der Waals surface area contributed by atoms with Crippen LogP contribution in [0.15, 0.2) is 12.1 Å². The third-order valence-corrected chi connectivity index (χ3v) is 2.63. The normalized spacial score (nSPS) is 23.1. The standard InChI is InChI=1S/C9H13ClN3O3/c1-2-6-5-11-13(14,15)7-3-4-8(10)12-9(7)16-6/h3-4,6,11,14-15H,2,5H2,1H3/q+1/t6-/m1/s1. The molecule has 2 heterocycles. The monoisotopic (exact) mass is 246 g/mol. The highest BCUT2D eigenvalue weighted by Crippen LogP contribution is 2.32. The molecule has 0 aliphatic carbocycles. The maximum Gasteiger partial charge on any atom is 0.287 e. The van der Waals surface area contributed by atoms with E-state index in [0.29, 0.717) is 6.54 Å². The molecule has 88 valence electrons. The Morgan fingerprint density at radius 2 is 2.38 bits per heavy atom. The average Bonchev–Trinajstić information content (AvgIpc) is 2.35. The first-order chi connectivity index (χ1) is 7.53. The molecular formula is C9H13ClN3O3+. The Bertz CT molecular complexity index is 400. The van der Waals surface area contributed by atoms with Crippen LogP contribution < -0.4 is 15.1 Å². The highest BCUT2D eigenvalue weighted by atomic mass is 35.5. The van der Waals surface area contributed by atoms with E-state index in [-0.39, 0.29) is 22.8 Å². The summed E-state index contributed by atoms with van der Waals surface area (Å²) in [4.78, 5) is 2.49. The van der Waals surface area contributed by atoms with Crippen LogP contribution >= 0.6 is 11.6 Å². The van der Waals surface area contributed by atoms with Crippen LogP contribution in [0.1, 0.15) is 13.3 Å². The highest BCUT2D eigenvalue weighted by molar-refractivity contribution is 6.29. The number of nitrogens with one attached hydrogen (secondary N) is 1. The van der Waals surface area contributed by atoms with Crippen molar-refractivity contribution in [3.8, 4) is 5.88 Å². The van der Waals surface area contributed by atoms with Crippen molar-refractivity contribution in [1.29, 1.82) is 0 Å². The van der Waals surface area contributed by atoms with E-state index in [1.165, 1.54) is 12.1 Å².